The summed E-state index contributed by atoms with van der Waals surface area (Å²) >= 11 is 0. The quantitative estimate of drug-likeness (QED) is 0.810. The van der Waals surface area contributed by atoms with Gasteiger partial charge in [0.1, 0.15) is 5.54 Å². The molecule has 0 spiro atoms. The topological polar surface area (TPSA) is 55.4 Å². The summed E-state index contributed by atoms with van der Waals surface area (Å²) in [6, 6.07) is 0. The Morgan fingerprint density at radius 1 is 1.00 bits per heavy atom. The van der Waals surface area contributed by atoms with Crippen molar-refractivity contribution in [2.24, 2.45) is 23.2 Å². The van der Waals surface area contributed by atoms with Crippen LogP contribution in [0.2, 0.25) is 0 Å². The van der Waals surface area contributed by atoms with Crippen molar-refractivity contribution in [2.75, 3.05) is 7.11 Å². The van der Waals surface area contributed by atoms with Gasteiger partial charge in [0.05, 0.1) is 7.11 Å². The van der Waals surface area contributed by atoms with E-state index >= 15 is 0 Å². The number of esters is 1. The third-order valence-corrected chi connectivity index (χ3v) is 7.11. The van der Waals surface area contributed by atoms with Gasteiger partial charge in [-0.05, 0) is 74.5 Å². The van der Waals surface area contributed by atoms with Crippen LogP contribution in [0.15, 0.2) is 0 Å². The molecule has 0 aromatic carbocycles. The summed E-state index contributed by atoms with van der Waals surface area (Å²) in [5.74, 6) is 2.40. The molecule has 5 rings (SSSR count). The standard InChI is InChI=1S/C19H29NO3/c1-23-17(22)19(4-2-3-5-19)20-16(21)12-18-9-13-6-14(10-18)8-15(7-13)11-18/h13-15H,2-12H2,1H3,(H,20,21). The SMILES string of the molecule is COC(=O)C1(NC(=O)CC23CC4CC(CC(C4)C2)C3)CCCC1. The van der Waals surface area contributed by atoms with Crippen LogP contribution in [0.4, 0.5) is 0 Å². The van der Waals surface area contributed by atoms with Crippen molar-refractivity contribution in [3.8, 4) is 0 Å². The molecule has 23 heavy (non-hydrogen) atoms. The van der Waals surface area contributed by atoms with Crippen molar-refractivity contribution in [1.29, 1.82) is 0 Å². The Morgan fingerprint density at radius 3 is 2.00 bits per heavy atom. The van der Waals surface area contributed by atoms with Gasteiger partial charge < -0.3 is 10.1 Å². The van der Waals surface area contributed by atoms with Crippen molar-refractivity contribution >= 4 is 11.9 Å². The van der Waals surface area contributed by atoms with Crippen molar-refractivity contribution < 1.29 is 14.3 Å². The monoisotopic (exact) mass is 319 g/mol. The summed E-state index contributed by atoms with van der Waals surface area (Å²) < 4.78 is 4.98. The minimum Gasteiger partial charge on any atom is -0.467 e. The van der Waals surface area contributed by atoms with Gasteiger partial charge in [0, 0.05) is 6.42 Å². The molecular weight excluding hydrogens is 290 g/mol. The molecule has 4 bridgehead atoms. The second-order valence-electron chi connectivity index (χ2n) is 8.92. The number of methoxy groups -OCH3 is 1. The van der Waals surface area contributed by atoms with Gasteiger partial charge in [-0.25, -0.2) is 4.79 Å². The van der Waals surface area contributed by atoms with E-state index in [2.05, 4.69) is 5.32 Å². The van der Waals surface area contributed by atoms with Crippen LogP contribution in [0.1, 0.15) is 70.6 Å². The van der Waals surface area contributed by atoms with Crippen LogP contribution in [-0.4, -0.2) is 24.5 Å². The zero-order chi connectivity index (χ0) is 16.1. The average molecular weight is 319 g/mol. The van der Waals surface area contributed by atoms with Crippen LogP contribution in [0.3, 0.4) is 0 Å². The number of carbonyl (C=O) groups is 2. The van der Waals surface area contributed by atoms with Crippen molar-refractivity contribution in [3.05, 3.63) is 0 Å². The van der Waals surface area contributed by atoms with E-state index in [0.29, 0.717) is 6.42 Å². The molecule has 5 fully saturated rings. The maximum atomic E-state index is 12.8. The van der Waals surface area contributed by atoms with Crippen LogP contribution in [0.5, 0.6) is 0 Å². The largest absolute Gasteiger partial charge is 0.467 e. The highest BCUT2D eigenvalue weighted by Crippen LogP contribution is 2.61. The Kier molecular flexibility index (Phi) is 3.69. The fraction of sp³-hybridized carbons (Fsp3) is 0.895. The molecule has 4 heteroatoms. The first-order valence-electron chi connectivity index (χ1n) is 9.42. The first-order chi connectivity index (χ1) is 11.0. The molecule has 0 radical (unpaired) electrons. The molecule has 0 aromatic heterocycles. The lowest BCUT2D eigenvalue weighted by molar-refractivity contribution is -0.152. The van der Waals surface area contributed by atoms with Gasteiger partial charge in [-0.15, -0.1) is 0 Å². The van der Waals surface area contributed by atoms with E-state index in [1.165, 1.54) is 45.6 Å². The summed E-state index contributed by atoms with van der Waals surface area (Å²) in [6.45, 7) is 0. The number of hydrogen-bond donors (Lipinski definition) is 1. The number of hydrogen-bond acceptors (Lipinski definition) is 3. The zero-order valence-corrected chi connectivity index (χ0v) is 14.2. The number of carbonyl (C=O) groups excluding carboxylic acids is 2. The predicted molar refractivity (Wildman–Crippen MR) is 86.6 cm³/mol. The first-order valence-corrected chi connectivity index (χ1v) is 9.42. The molecule has 5 aliphatic rings. The highest BCUT2D eigenvalue weighted by Gasteiger charge is 2.52. The number of ether oxygens (including phenoxy) is 1. The maximum Gasteiger partial charge on any atom is 0.331 e. The number of amides is 1. The van der Waals surface area contributed by atoms with E-state index in [4.69, 9.17) is 4.74 Å². The Labute approximate surface area is 138 Å². The second kappa shape index (κ2) is 5.49. The smallest absolute Gasteiger partial charge is 0.331 e. The Morgan fingerprint density at radius 2 is 1.52 bits per heavy atom. The van der Waals surface area contributed by atoms with Crippen LogP contribution in [0, 0.1) is 23.2 Å². The molecule has 0 unspecified atom stereocenters. The Hall–Kier alpha value is -1.06. The van der Waals surface area contributed by atoms with E-state index in [9.17, 15) is 9.59 Å². The van der Waals surface area contributed by atoms with E-state index in [1.54, 1.807) is 0 Å². The third kappa shape index (κ3) is 2.68. The highest BCUT2D eigenvalue weighted by atomic mass is 16.5. The Bertz CT molecular complexity index is 471. The molecule has 5 aliphatic carbocycles. The number of nitrogens with one attached hydrogen (secondary N) is 1. The molecule has 0 heterocycles. The van der Waals surface area contributed by atoms with Gasteiger partial charge in [0.15, 0.2) is 0 Å². The predicted octanol–water partition coefficient (Wildman–Crippen LogP) is 3.19. The van der Waals surface area contributed by atoms with E-state index in [-0.39, 0.29) is 17.3 Å². The second-order valence-corrected chi connectivity index (χ2v) is 8.92. The molecule has 128 valence electrons. The molecule has 4 nitrogen and oxygen atoms in total. The number of rotatable bonds is 4. The summed E-state index contributed by atoms with van der Waals surface area (Å²) in [6.07, 6.45) is 12.0. The maximum absolute atomic E-state index is 12.8. The van der Waals surface area contributed by atoms with Crippen molar-refractivity contribution in [3.63, 3.8) is 0 Å². The van der Waals surface area contributed by atoms with E-state index < -0.39 is 5.54 Å². The fourth-order valence-electron chi connectivity index (χ4n) is 6.71. The molecule has 0 aromatic rings. The van der Waals surface area contributed by atoms with E-state index in [1.807, 2.05) is 0 Å². The fourth-order valence-corrected chi connectivity index (χ4v) is 6.71. The third-order valence-electron chi connectivity index (χ3n) is 7.11. The molecule has 0 saturated heterocycles. The molecule has 1 N–H and O–H groups in total. The van der Waals surface area contributed by atoms with Crippen molar-refractivity contribution in [1.82, 2.24) is 5.32 Å². The van der Waals surface area contributed by atoms with Gasteiger partial charge in [-0.1, -0.05) is 12.8 Å². The van der Waals surface area contributed by atoms with Gasteiger partial charge in [0.25, 0.3) is 0 Å². The van der Waals surface area contributed by atoms with Crippen molar-refractivity contribution in [2.45, 2.75) is 76.2 Å². The molecule has 0 aliphatic heterocycles. The minimum absolute atomic E-state index is 0.0826. The van der Waals surface area contributed by atoms with Crippen LogP contribution >= 0.6 is 0 Å². The molecule has 5 saturated carbocycles. The highest BCUT2D eigenvalue weighted by molar-refractivity contribution is 5.88. The van der Waals surface area contributed by atoms with Gasteiger partial charge in [-0.2, -0.15) is 0 Å². The zero-order valence-electron chi connectivity index (χ0n) is 14.2. The summed E-state index contributed by atoms with van der Waals surface area (Å²) in [7, 11) is 1.42. The molecule has 0 atom stereocenters. The van der Waals surface area contributed by atoms with Crippen LogP contribution in [-0.2, 0) is 14.3 Å². The van der Waals surface area contributed by atoms with Gasteiger partial charge in [-0.3, -0.25) is 4.79 Å². The van der Waals surface area contributed by atoms with Gasteiger partial charge in [0.2, 0.25) is 5.91 Å². The molecule has 1 amide bonds. The lowest BCUT2D eigenvalue weighted by Gasteiger charge is -2.56. The Balaban J connectivity index is 1.45. The first kappa shape index (κ1) is 15.5. The lowest BCUT2D eigenvalue weighted by Crippen LogP contribution is -2.55. The lowest BCUT2D eigenvalue weighted by atomic mass is 9.49. The summed E-state index contributed by atoms with van der Waals surface area (Å²) in [5, 5.41) is 3.10. The normalized spacial score (nSPS) is 40.1. The summed E-state index contributed by atoms with van der Waals surface area (Å²) in [5.41, 5.74) is -0.511. The summed E-state index contributed by atoms with van der Waals surface area (Å²) in [4.78, 5) is 25.0. The average Bonchev–Trinajstić information content (AvgIpc) is 2.93. The molecular formula is C19H29NO3. The van der Waals surface area contributed by atoms with Crippen LogP contribution in [0.25, 0.3) is 0 Å². The van der Waals surface area contributed by atoms with Crippen LogP contribution < -0.4 is 5.32 Å². The van der Waals surface area contributed by atoms with Gasteiger partial charge >= 0.3 is 5.97 Å². The van der Waals surface area contributed by atoms with E-state index in [0.717, 1.165) is 43.4 Å². The minimum atomic E-state index is -0.742.